The summed E-state index contributed by atoms with van der Waals surface area (Å²) < 4.78 is 5.54. The van der Waals surface area contributed by atoms with E-state index in [2.05, 4.69) is 23.8 Å². The van der Waals surface area contributed by atoms with Crippen LogP contribution in [0.5, 0.6) is 0 Å². The average Bonchev–Trinajstić information content (AvgIpc) is 2.19. The van der Waals surface area contributed by atoms with Crippen molar-refractivity contribution in [2.75, 3.05) is 39.9 Å². The van der Waals surface area contributed by atoms with Crippen LogP contribution in [0.4, 0.5) is 0 Å². The molecule has 0 aromatic carbocycles. The molecule has 2 unspecified atom stereocenters. The zero-order valence-electron chi connectivity index (χ0n) is 9.44. The Bertz CT molecular complexity index is 166. The standard InChI is InChI=1S/C10H22N2O2/c1-4-14-9(2)12-6-5-11(3)10(7-12)8-13/h9-10,13H,4-8H2,1-3H3. The molecule has 0 aromatic heterocycles. The van der Waals surface area contributed by atoms with Crippen LogP contribution in [0.3, 0.4) is 0 Å². The summed E-state index contributed by atoms with van der Waals surface area (Å²) in [7, 11) is 2.06. The second-order valence-electron chi connectivity index (χ2n) is 3.87. The zero-order chi connectivity index (χ0) is 10.6. The highest BCUT2D eigenvalue weighted by atomic mass is 16.5. The highest BCUT2D eigenvalue weighted by molar-refractivity contribution is 4.80. The van der Waals surface area contributed by atoms with Crippen LogP contribution >= 0.6 is 0 Å². The lowest BCUT2D eigenvalue weighted by Crippen LogP contribution is -2.55. The molecule has 1 rings (SSSR count). The van der Waals surface area contributed by atoms with Gasteiger partial charge in [-0.2, -0.15) is 0 Å². The summed E-state index contributed by atoms with van der Waals surface area (Å²) in [6.45, 7) is 7.98. The Kier molecular flexibility index (Phi) is 4.81. The second-order valence-corrected chi connectivity index (χ2v) is 3.87. The molecule has 0 amide bonds. The van der Waals surface area contributed by atoms with Crippen molar-refractivity contribution >= 4 is 0 Å². The van der Waals surface area contributed by atoms with Crippen molar-refractivity contribution in [3.8, 4) is 0 Å². The van der Waals surface area contributed by atoms with Crippen LogP contribution in [-0.4, -0.2) is 67.1 Å². The van der Waals surface area contributed by atoms with E-state index in [1.165, 1.54) is 0 Å². The molecule has 0 aromatic rings. The van der Waals surface area contributed by atoms with E-state index < -0.39 is 0 Å². The van der Waals surface area contributed by atoms with Crippen molar-refractivity contribution in [2.45, 2.75) is 26.1 Å². The van der Waals surface area contributed by atoms with Gasteiger partial charge in [0.1, 0.15) is 6.23 Å². The molecule has 4 nitrogen and oxygen atoms in total. The molecule has 0 aliphatic carbocycles. The lowest BCUT2D eigenvalue weighted by Gasteiger charge is -2.41. The van der Waals surface area contributed by atoms with Crippen LogP contribution in [0.25, 0.3) is 0 Å². The minimum Gasteiger partial charge on any atom is -0.395 e. The van der Waals surface area contributed by atoms with Gasteiger partial charge in [0.05, 0.1) is 6.61 Å². The Hall–Kier alpha value is -0.160. The van der Waals surface area contributed by atoms with Crippen LogP contribution in [0.1, 0.15) is 13.8 Å². The number of rotatable bonds is 4. The lowest BCUT2D eigenvalue weighted by atomic mass is 10.2. The molecule has 2 atom stereocenters. The SMILES string of the molecule is CCOC(C)N1CCN(C)C(CO)C1. The van der Waals surface area contributed by atoms with E-state index in [1.807, 2.05) is 6.92 Å². The van der Waals surface area contributed by atoms with Crippen LogP contribution in [0.15, 0.2) is 0 Å². The van der Waals surface area contributed by atoms with Crippen molar-refractivity contribution in [1.82, 2.24) is 9.80 Å². The molecule has 1 aliphatic heterocycles. The fourth-order valence-corrected chi connectivity index (χ4v) is 1.84. The van der Waals surface area contributed by atoms with Gasteiger partial charge in [0, 0.05) is 32.3 Å². The summed E-state index contributed by atoms with van der Waals surface area (Å²) >= 11 is 0. The quantitative estimate of drug-likeness (QED) is 0.695. The number of likely N-dealkylation sites (N-methyl/N-ethyl adjacent to an activating group) is 1. The molecule has 0 radical (unpaired) electrons. The first-order valence-corrected chi connectivity index (χ1v) is 5.35. The third-order valence-electron chi connectivity index (χ3n) is 2.94. The van der Waals surface area contributed by atoms with Crippen LogP contribution < -0.4 is 0 Å². The van der Waals surface area contributed by atoms with Crippen molar-refractivity contribution in [2.24, 2.45) is 0 Å². The smallest absolute Gasteiger partial charge is 0.107 e. The Labute approximate surface area is 86.4 Å². The molecule has 1 aliphatic rings. The van der Waals surface area contributed by atoms with Gasteiger partial charge in [0.25, 0.3) is 0 Å². The summed E-state index contributed by atoms with van der Waals surface area (Å²) in [5.74, 6) is 0. The number of piperazine rings is 1. The Morgan fingerprint density at radius 3 is 2.79 bits per heavy atom. The molecule has 14 heavy (non-hydrogen) atoms. The molecule has 1 saturated heterocycles. The van der Waals surface area contributed by atoms with E-state index in [-0.39, 0.29) is 18.9 Å². The van der Waals surface area contributed by atoms with Crippen molar-refractivity contribution in [3.63, 3.8) is 0 Å². The summed E-state index contributed by atoms with van der Waals surface area (Å²) in [6.07, 6.45) is 0.169. The number of aliphatic hydroxyl groups is 1. The van der Waals surface area contributed by atoms with E-state index in [9.17, 15) is 5.11 Å². The maximum atomic E-state index is 9.18. The molecule has 84 valence electrons. The summed E-state index contributed by atoms with van der Waals surface area (Å²) in [4.78, 5) is 4.49. The van der Waals surface area contributed by atoms with E-state index >= 15 is 0 Å². The van der Waals surface area contributed by atoms with Gasteiger partial charge >= 0.3 is 0 Å². The third kappa shape index (κ3) is 2.92. The number of aliphatic hydroxyl groups excluding tert-OH is 1. The van der Waals surface area contributed by atoms with Crippen molar-refractivity contribution in [1.29, 1.82) is 0 Å². The van der Waals surface area contributed by atoms with Gasteiger partial charge in [0.2, 0.25) is 0 Å². The molecule has 1 heterocycles. The van der Waals surface area contributed by atoms with Gasteiger partial charge in [-0.05, 0) is 20.9 Å². The van der Waals surface area contributed by atoms with E-state index in [4.69, 9.17) is 4.74 Å². The Balaban J connectivity index is 2.41. The molecule has 4 heteroatoms. The predicted octanol–water partition coefficient (Wildman–Crippen LogP) is -0.0228. The van der Waals surface area contributed by atoms with Crippen LogP contribution in [0, 0.1) is 0 Å². The Morgan fingerprint density at radius 1 is 1.50 bits per heavy atom. The van der Waals surface area contributed by atoms with Crippen molar-refractivity contribution < 1.29 is 9.84 Å². The third-order valence-corrected chi connectivity index (χ3v) is 2.94. The molecule has 1 N–H and O–H groups in total. The van der Waals surface area contributed by atoms with Crippen molar-refractivity contribution in [3.05, 3.63) is 0 Å². The van der Waals surface area contributed by atoms with Gasteiger partial charge in [0.15, 0.2) is 0 Å². The topological polar surface area (TPSA) is 35.9 Å². The van der Waals surface area contributed by atoms with E-state index in [0.29, 0.717) is 0 Å². The van der Waals surface area contributed by atoms with Gasteiger partial charge in [-0.3, -0.25) is 9.80 Å². The molecule has 0 saturated carbocycles. The summed E-state index contributed by atoms with van der Waals surface area (Å²) in [5, 5.41) is 9.18. The molecule has 0 bridgehead atoms. The van der Waals surface area contributed by atoms with Gasteiger partial charge in [-0.1, -0.05) is 0 Å². The van der Waals surface area contributed by atoms with Gasteiger partial charge in [-0.25, -0.2) is 0 Å². The minimum atomic E-state index is 0.169. The molecule has 0 spiro atoms. The predicted molar refractivity (Wildman–Crippen MR) is 56.2 cm³/mol. The zero-order valence-corrected chi connectivity index (χ0v) is 9.44. The largest absolute Gasteiger partial charge is 0.395 e. The number of nitrogens with zero attached hydrogens (tertiary/aromatic N) is 2. The minimum absolute atomic E-state index is 0.169. The Morgan fingerprint density at radius 2 is 2.21 bits per heavy atom. The maximum absolute atomic E-state index is 9.18. The average molecular weight is 202 g/mol. The lowest BCUT2D eigenvalue weighted by molar-refractivity contribution is -0.0757. The normalized spacial score (nSPS) is 27.9. The van der Waals surface area contributed by atoms with E-state index in [0.717, 1.165) is 26.2 Å². The molecule has 1 fully saturated rings. The summed E-state index contributed by atoms with van der Waals surface area (Å²) in [6, 6.07) is 0.256. The number of hydrogen-bond acceptors (Lipinski definition) is 4. The van der Waals surface area contributed by atoms with E-state index in [1.54, 1.807) is 0 Å². The first kappa shape index (κ1) is 11.9. The molecular weight excluding hydrogens is 180 g/mol. The van der Waals surface area contributed by atoms with Crippen LogP contribution in [0.2, 0.25) is 0 Å². The fourth-order valence-electron chi connectivity index (χ4n) is 1.84. The van der Waals surface area contributed by atoms with Gasteiger partial charge in [-0.15, -0.1) is 0 Å². The first-order chi connectivity index (χ1) is 6.69. The second kappa shape index (κ2) is 5.66. The van der Waals surface area contributed by atoms with Crippen LogP contribution in [-0.2, 0) is 4.74 Å². The highest BCUT2D eigenvalue weighted by Crippen LogP contribution is 2.11. The molecular formula is C10H22N2O2. The maximum Gasteiger partial charge on any atom is 0.107 e. The number of ether oxygens (including phenoxy) is 1. The summed E-state index contributed by atoms with van der Waals surface area (Å²) in [5.41, 5.74) is 0. The number of hydrogen-bond donors (Lipinski definition) is 1. The fraction of sp³-hybridized carbons (Fsp3) is 1.00. The monoisotopic (exact) mass is 202 g/mol. The highest BCUT2D eigenvalue weighted by Gasteiger charge is 2.26. The van der Waals surface area contributed by atoms with Gasteiger partial charge < -0.3 is 9.84 Å². The first-order valence-electron chi connectivity index (χ1n) is 5.35.